The van der Waals surface area contributed by atoms with Crippen molar-refractivity contribution in [2.24, 2.45) is 5.10 Å². The number of nitrogens with zero attached hydrogens (tertiary/aromatic N) is 1. The Morgan fingerprint density at radius 2 is 1.97 bits per heavy atom. The predicted octanol–water partition coefficient (Wildman–Crippen LogP) is 3.00. The van der Waals surface area contributed by atoms with Crippen LogP contribution in [-0.4, -0.2) is 30.6 Å². The van der Waals surface area contributed by atoms with E-state index in [0.29, 0.717) is 21.5 Å². The molecule has 1 aliphatic carbocycles. The van der Waals surface area contributed by atoms with Crippen LogP contribution >= 0.6 is 11.3 Å². The number of aryl methyl sites for hydroxylation is 1. The fourth-order valence-corrected chi connectivity index (χ4v) is 4.90. The van der Waals surface area contributed by atoms with Crippen LogP contribution in [0.4, 0.5) is 5.00 Å². The topological polar surface area (TPSA) is 127 Å². The summed E-state index contributed by atoms with van der Waals surface area (Å²) in [5.41, 5.74) is 3.51. The lowest BCUT2D eigenvalue weighted by atomic mass is 9.95. The molecule has 0 aliphatic heterocycles. The van der Waals surface area contributed by atoms with Gasteiger partial charge >= 0.3 is 17.8 Å². The third-order valence-corrected chi connectivity index (χ3v) is 6.37. The van der Waals surface area contributed by atoms with E-state index in [1.54, 1.807) is 31.2 Å². The fraction of sp³-hybridized carbons (Fsp3) is 0.261. The number of fused-ring (bicyclic) bond motifs is 2. The summed E-state index contributed by atoms with van der Waals surface area (Å²) in [7, 11) is 0. The van der Waals surface area contributed by atoms with Gasteiger partial charge in [-0.05, 0) is 50.3 Å². The molecule has 0 saturated carbocycles. The van der Waals surface area contributed by atoms with Gasteiger partial charge in [-0.3, -0.25) is 14.4 Å². The standard InChI is InChI=1S/C23H21N3O6S/c1-2-31-23(30)18-15-8-4-6-10-17(15)33-22(18)25-20(28)21(29)26-24-11-13-12-32-16-9-5-3-7-14(16)19(13)27/h3,5,7,9,11-12H,2,4,6,8,10H2,1H3,(H,25,28)(H,26,29)/b24-11+. The average Bonchev–Trinajstić information content (AvgIpc) is 3.18. The number of esters is 1. The molecular weight excluding hydrogens is 446 g/mol. The van der Waals surface area contributed by atoms with Crippen molar-refractivity contribution in [1.29, 1.82) is 0 Å². The van der Waals surface area contributed by atoms with Crippen LogP contribution in [0.3, 0.4) is 0 Å². The molecule has 1 aliphatic rings. The number of para-hydroxylation sites is 1. The van der Waals surface area contributed by atoms with Crippen LogP contribution in [0.15, 0.2) is 44.8 Å². The number of hydrazone groups is 1. The maximum Gasteiger partial charge on any atom is 0.341 e. The second-order valence-electron chi connectivity index (χ2n) is 7.31. The van der Waals surface area contributed by atoms with E-state index in [1.807, 2.05) is 0 Å². The van der Waals surface area contributed by atoms with Crippen molar-refractivity contribution >= 4 is 51.3 Å². The third kappa shape index (κ3) is 4.70. The van der Waals surface area contributed by atoms with Crippen molar-refractivity contribution < 1.29 is 23.5 Å². The van der Waals surface area contributed by atoms with E-state index in [-0.39, 0.29) is 17.6 Å². The van der Waals surface area contributed by atoms with Gasteiger partial charge in [0.05, 0.1) is 29.3 Å². The number of ether oxygens (including phenoxy) is 1. The van der Waals surface area contributed by atoms with Gasteiger partial charge < -0.3 is 14.5 Å². The van der Waals surface area contributed by atoms with E-state index >= 15 is 0 Å². The van der Waals surface area contributed by atoms with Gasteiger partial charge in [-0.1, -0.05) is 12.1 Å². The van der Waals surface area contributed by atoms with Gasteiger partial charge in [0.2, 0.25) is 5.43 Å². The summed E-state index contributed by atoms with van der Waals surface area (Å²) in [6.07, 6.45) is 5.82. The maximum atomic E-state index is 12.5. The zero-order chi connectivity index (χ0) is 23.4. The van der Waals surface area contributed by atoms with Crippen LogP contribution < -0.4 is 16.2 Å². The Kier molecular flexibility index (Phi) is 6.64. The second-order valence-corrected chi connectivity index (χ2v) is 8.41. The molecule has 0 fully saturated rings. The molecule has 170 valence electrons. The van der Waals surface area contributed by atoms with E-state index in [2.05, 4.69) is 15.8 Å². The van der Waals surface area contributed by atoms with Crippen LogP contribution in [-0.2, 0) is 27.2 Å². The number of thiophene rings is 1. The Morgan fingerprint density at radius 3 is 2.79 bits per heavy atom. The van der Waals surface area contributed by atoms with Crippen molar-refractivity contribution in [3.8, 4) is 0 Å². The zero-order valence-corrected chi connectivity index (χ0v) is 18.6. The Balaban J connectivity index is 1.47. The monoisotopic (exact) mass is 467 g/mol. The molecule has 2 N–H and O–H groups in total. The Hall–Kier alpha value is -3.79. The number of hydrogen-bond donors (Lipinski definition) is 2. The molecule has 1 aromatic carbocycles. The number of benzene rings is 1. The van der Waals surface area contributed by atoms with Crippen molar-refractivity contribution in [3.63, 3.8) is 0 Å². The van der Waals surface area contributed by atoms with Crippen molar-refractivity contribution in [1.82, 2.24) is 5.43 Å². The minimum absolute atomic E-state index is 0.116. The number of hydrogen-bond acceptors (Lipinski definition) is 8. The predicted molar refractivity (Wildman–Crippen MR) is 124 cm³/mol. The van der Waals surface area contributed by atoms with Gasteiger partial charge in [0.1, 0.15) is 16.8 Å². The van der Waals surface area contributed by atoms with Gasteiger partial charge in [0.15, 0.2) is 0 Å². The highest BCUT2D eigenvalue weighted by atomic mass is 32.1. The SMILES string of the molecule is CCOC(=O)c1c(NC(=O)C(=O)N/N=C/c2coc3ccccc3c2=O)sc2c1CCCC2. The molecule has 0 spiro atoms. The minimum Gasteiger partial charge on any atom is -0.463 e. The molecular formula is C23H21N3O6S. The summed E-state index contributed by atoms with van der Waals surface area (Å²) >= 11 is 1.28. The van der Waals surface area contributed by atoms with Crippen LogP contribution in [0.1, 0.15) is 46.1 Å². The van der Waals surface area contributed by atoms with Crippen molar-refractivity contribution in [2.75, 3.05) is 11.9 Å². The van der Waals surface area contributed by atoms with E-state index in [1.165, 1.54) is 17.6 Å². The van der Waals surface area contributed by atoms with Crippen LogP contribution in [0.5, 0.6) is 0 Å². The van der Waals surface area contributed by atoms with Crippen molar-refractivity contribution in [3.05, 3.63) is 62.3 Å². The molecule has 2 amide bonds. The third-order valence-electron chi connectivity index (χ3n) is 5.16. The molecule has 2 aromatic heterocycles. The molecule has 33 heavy (non-hydrogen) atoms. The highest BCUT2D eigenvalue weighted by Crippen LogP contribution is 2.38. The van der Waals surface area contributed by atoms with Crippen molar-refractivity contribution in [2.45, 2.75) is 32.6 Å². The Bertz CT molecular complexity index is 1320. The van der Waals surface area contributed by atoms with E-state index in [9.17, 15) is 19.2 Å². The Morgan fingerprint density at radius 1 is 1.18 bits per heavy atom. The van der Waals surface area contributed by atoms with Gasteiger partial charge in [0.25, 0.3) is 0 Å². The van der Waals surface area contributed by atoms with Gasteiger partial charge in [0, 0.05) is 4.88 Å². The molecule has 9 nitrogen and oxygen atoms in total. The number of carbonyl (C=O) groups excluding carboxylic acids is 3. The summed E-state index contributed by atoms with van der Waals surface area (Å²) in [5, 5.41) is 6.86. The van der Waals surface area contributed by atoms with E-state index < -0.39 is 17.8 Å². The van der Waals surface area contributed by atoms with Gasteiger partial charge in [-0.2, -0.15) is 5.10 Å². The molecule has 0 saturated heterocycles. The molecule has 4 rings (SSSR count). The lowest BCUT2D eigenvalue weighted by molar-refractivity contribution is -0.136. The molecule has 10 heteroatoms. The molecule has 2 heterocycles. The largest absolute Gasteiger partial charge is 0.463 e. The van der Waals surface area contributed by atoms with E-state index in [4.69, 9.17) is 9.15 Å². The number of anilines is 1. The molecule has 0 unspecified atom stereocenters. The lowest BCUT2D eigenvalue weighted by Gasteiger charge is -2.12. The average molecular weight is 468 g/mol. The fourth-order valence-electron chi connectivity index (χ4n) is 3.63. The Labute approximate surface area is 192 Å². The number of nitrogens with one attached hydrogen (secondary N) is 2. The van der Waals surface area contributed by atoms with Gasteiger partial charge in [-0.25, -0.2) is 10.2 Å². The highest BCUT2D eigenvalue weighted by molar-refractivity contribution is 7.17. The molecule has 0 atom stereocenters. The molecule has 0 bridgehead atoms. The highest BCUT2D eigenvalue weighted by Gasteiger charge is 2.28. The first kappa shape index (κ1) is 22.4. The first-order valence-corrected chi connectivity index (χ1v) is 11.3. The van der Waals surface area contributed by atoms with Crippen LogP contribution in [0.25, 0.3) is 11.0 Å². The zero-order valence-electron chi connectivity index (χ0n) is 17.8. The summed E-state index contributed by atoms with van der Waals surface area (Å²) in [5.74, 6) is -2.55. The summed E-state index contributed by atoms with van der Waals surface area (Å²) in [4.78, 5) is 50.6. The molecule has 3 aromatic rings. The first-order chi connectivity index (χ1) is 16.0. The normalized spacial score (nSPS) is 13.0. The number of carbonyl (C=O) groups is 3. The molecule has 0 radical (unpaired) electrons. The number of amides is 2. The van der Waals surface area contributed by atoms with Crippen LogP contribution in [0, 0.1) is 0 Å². The minimum atomic E-state index is -1.04. The van der Waals surface area contributed by atoms with E-state index in [0.717, 1.165) is 42.3 Å². The summed E-state index contributed by atoms with van der Waals surface area (Å²) < 4.78 is 10.5. The lowest BCUT2D eigenvalue weighted by Crippen LogP contribution is -2.32. The summed E-state index contributed by atoms with van der Waals surface area (Å²) in [6, 6.07) is 6.73. The first-order valence-electron chi connectivity index (χ1n) is 10.5. The number of rotatable bonds is 5. The summed E-state index contributed by atoms with van der Waals surface area (Å²) in [6.45, 7) is 1.91. The maximum absolute atomic E-state index is 12.5. The van der Waals surface area contributed by atoms with Gasteiger partial charge in [-0.15, -0.1) is 11.3 Å². The quantitative estimate of drug-likeness (QED) is 0.257. The second kappa shape index (κ2) is 9.78. The van der Waals surface area contributed by atoms with Crippen LogP contribution in [0.2, 0.25) is 0 Å². The smallest absolute Gasteiger partial charge is 0.341 e.